The minimum absolute atomic E-state index is 0.0355. The normalized spacial score (nSPS) is 18.1. The van der Waals surface area contributed by atoms with Crippen molar-refractivity contribution in [2.75, 3.05) is 18.2 Å². The van der Waals surface area contributed by atoms with Crippen molar-refractivity contribution in [1.29, 1.82) is 5.26 Å². The van der Waals surface area contributed by atoms with E-state index in [2.05, 4.69) is 5.32 Å². The van der Waals surface area contributed by atoms with Crippen molar-refractivity contribution in [3.05, 3.63) is 70.4 Å². The van der Waals surface area contributed by atoms with E-state index in [1.165, 1.54) is 36.2 Å². The van der Waals surface area contributed by atoms with Gasteiger partial charge in [0.2, 0.25) is 0 Å². The number of carbonyl (C=O) groups excluding carboxylic acids is 3. The molecule has 2 aliphatic rings. The van der Waals surface area contributed by atoms with Crippen molar-refractivity contribution < 1.29 is 27.2 Å². The monoisotopic (exact) mass is 510 g/mol. The Labute approximate surface area is 207 Å². The predicted molar refractivity (Wildman–Crippen MR) is 128 cm³/mol. The summed E-state index contributed by atoms with van der Waals surface area (Å²) in [5.41, 5.74) is 1.15. The Morgan fingerprint density at radius 2 is 1.94 bits per heavy atom. The summed E-state index contributed by atoms with van der Waals surface area (Å²) in [5, 5.41) is 11.7. The van der Waals surface area contributed by atoms with Gasteiger partial charge in [-0.05, 0) is 48.2 Å². The lowest BCUT2D eigenvalue weighted by Gasteiger charge is -2.44. The standard InChI is InChI=1S/C25H23FN4O5S/c1-28-24(32)30-23(18-10-9-16(14-27)12-21(18)36(2,34)35)22-19(7-4-8-20(22)31)29(25(30)33)17-6-3-5-15(11-17)13-26/h3,5-6,9-12,23H,4,7-8,13H2,1-2H3,(H,28,32)/t23-/m0/s1. The molecule has 36 heavy (non-hydrogen) atoms. The van der Waals surface area contributed by atoms with Gasteiger partial charge in [-0.2, -0.15) is 5.26 Å². The molecular formula is C25H23FN4O5S. The molecule has 9 nitrogen and oxygen atoms in total. The lowest BCUT2D eigenvalue weighted by atomic mass is 9.83. The lowest BCUT2D eigenvalue weighted by molar-refractivity contribution is -0.116. The molecule has 0 fully saturated rings. The van der Waals surface area contributed by atoms with Gasteiger partial charge < -0.3 is 5.32 Å². The second kappa shape index (κ2) is 9.54. The van der Waals surface area contributed by atoms with Crippen LogP contribution in [0.25, 0.3) is 0 Å². The molecule has 1 aliphatic heterocycles. The summed E-state index contributed by atoms with van der Waals surface area (Å²) in [6.07, 6.45) is 1.86. The number of halogens is 1. The number of ketones is 1. The SMILES string of the molecule is CNC(=O)N1C(=O)N(c2cccc(CF)c2)C2=C(C(=O)CCC2)[C@@H]1c1ccc(C#N)cc1S(C)(=O)=O. The van der Waals surface area contributed by atoms with E-state index in [4.69, 9.17) is 0 Å². The molecule has 0 bridgehead atoms. The fraction of sp³-hybridized carbons (Fsp3) is 0.280. The Morgan fingerprint density at radius 3 is 2.58 bits per heavy atom. The number of nitrogens with one attached hydrogen (secondary N) is 1. The number of nitriles is 1. The van der Waals surface area contributed by atoms with Crippen LogP contribution < -0.4 is 10.2 Å². The zero-order chi connectivity index (χ0) is 26.2. The number of benzene rings is 2. The highest BCUT2D eigenvalue weighted by atomic mass is 32.2. The average molecular weight is 511 g/mol. The highest BCUT2D eigenvalue weighted by Gasteiger charge is 2.48. The lowest BCUT2D eigenvalue weighted by Crippen LogP contribution is -2.56. The fourth-order valence-corrected chi connectivity index (χ4v) is 5.62. The first-order valence-corrected chi connectivity index (χ1v) is 13.0. The van der Waals surface area contributed by atoms with Crippen LogP contribution >= 0.6 is 0 Å². The summed E-state index contributed by atoms with van der Waals surface area (Å²) < 4.78 is 38.9. The van der Waals surface area contributed by atoms with Crippen LogP contribution in [-0.4, -0.2) is 44.5 Å². The van der Waals surface area contributed by atoms with Gasteiger partial charge in [0.05, 0.1) is 22.2 Å². The van der Waals surface area contributed by atoms with E-state index in [1.807, 2.05) is 6.07 Å². The Morgan fingerprint density at radius 1 is 1.19 bits per heavy atom. The Balaban J connectivity index is 2.07. The molecule has 0 spiro atoms. The molecular weight excluding hydrogens is 487 g/mol. The molecule has 0 saturated heterocycles. The van der Waals surface area contributed by atoms with Gasteiger partial charge >= 0.3 is 12.1 Å². The van der Waals surface area contributed by atoms with Crippen LogP contribution in [0.4, 0.5) is 19.7 Å². The van der Waals surface area contributed by atoms with Crippen LogP contribution in [0.2, 0.25) is 0 Å². The summed E-state index contributed by atoms with van der Waals surface area (Å²) in [6.45, 7) is -0.772. The second-order valence-corrected chi connectivity index (χ2v) is 10.5. The molecule has 1 heterocycles. The zero-order valence-electron chi connectivity index (χ0n) is 19.6. The van der Waals surface area contributed by atoms with E-state index in [1.54, 1.807) is 18.2 Å². The van der Waals surface area contributed by atoms with Gasteiger partial charge in [0.1, 0.15) is 12.7 Å². The number of Topliss-reactive ketones (excluding diaryl/α,β-unsaturated/α-hetero) is 1. The van der Waals surface area contributed by atoms with E-state index >= 15 is 0 Å². The number of allylic oxidation sites excluding steroid dienone is 1. The molecule has 0 radical (unpaired) electrons. The average Bonchev–Trinajstić information content (AvgIpc) is 2.86. The van der Waals surface area contributed by atoms with Crippen molar-refractivity contribution in [1.82, 2.24) is 10.2 Å². The first-order chi connectivity index (χ1) is 17.1. The number of amides is 4. The first-order valence-electron chi connectivity index (χ1n) is 11.1. The van der Waals surface area contributed by atoms with Crippen LogP contribution in [0, 0.1) is 11.3 Å². The minimum atomic E-state index is -3.93. The van der Waals surface area contributed by atoms with Gasteiger partial charge in [-0.3, -0.25) is 9.69 Å². The zero-order valence-corrected chi connectivity index (χ0v) is 20.4. The van der Waals surface area contributed by atoms with Crippen molar-refractivity contribution in [2.24, 2.45) is 0 Å². The molecule has 0 aromatic heterocycles. The number of alkyl halides is 1. The Hall–Kier alpha value is -4.04. The predicted octanol–water partition coefficient (Wildman–Crippen LogP) is 3.76. The molecule has 0 saturated carbocycles. The minimum Gasteiger partial charge on any atom is -0.341 e. The maximum atomic E-state index is 13.9. The van der Waals surface area contributed by atoms with Crippen molar-refractivity contribution in [2.45, 2.75) is 36.9 Å². The van der Waals surface area contributed by atoms with Crippen molar-refractivity contribution >= 4 is 33.4 Å². The van der Waals surface area contributed by atoms with E-state index in [0.717, 1.165) is 11.2 Å². The number of imide groups is 1. The summed E-state index contributed by atoms with van der Waals surface area (Å²) in [6, 6.07) is 8.94. The third kappa shape index (κ3) is 4.24. The molecule has 1 N–H and O–H groups in total. The number of sulfone groups is 1. The number of nitrogens with zero attached hydrogens (tertiary/aromatic N) is 3. The van der Waals surface area contributed by atoms with E-state index in [-0.39, 0.29) is 39.5 Å². The number of carbonyl (C=O) groups is 3. The van der Waals surface area contributed by atoms with E-state index < -0.39 is 34.6 Å². The maximum Gasteiger partial charge on any atom is 0.337 e. The van der Waals surface area contributed by atoms with Crippen LogP contribution in [0.5, 0.6) is 0 Å². The topological polar surface area (TPSA) is 128 Å². The molecule has 4 amide bonds. The second-order valence-electron chi connectivity index (χ2n) is 8.52. The van der Waals surface area contributed by atoms with Crippen molar-refractivity contribution in [3.63, 3.8) is 0 Å². The maximum absolute atomic E-state index is 13.9. The van der Waals surface area contributed by atoms with E-state index in [0.29, 0.717) is 24.1 Å². The molecule has 2 aromatic carbocycles. The fourth-order valence-electron chi connectivity index (χ4n) is 4.67. The number of hydrogen-bond acceptors (Lipinski definition) is 6. The molecule has 4 rings (SSSR count). The molecule has 1 atom stereocenters. The van der Waals surface area contributed by atoms with Crippen LogP contribution in [0.1, 0.15) is 42.0 Å². The smallest absolute Gasteiger partial charge is 0.337 e. The summed E-state index contributed by atoms with van der Waals surface area (Å²) in [7, 11) is -2.62. The van der Waals surface area contributed by atoms with Crippen LogP contribution in [0.15, 0.2) is 58.6 Å². The molecule has 186 valence electrons. The number of anilines is 1. The van der Waals surface area contributed by atoms with Crippen LogP contribution in [0.3, 0.4) is 0 Å². The van der Waals surface area contributed by atoms with Crippen molar-refractivity contribution in [3.8, 4) is 6.07 Å². The highest BCUT2D eigenvalue weighted by molar-refractivity contribution is 7.90. The third-order valence-corrected chi connectivity index (χ3v) is 7.37. The quantitative estimate of drug-likeness (QED) is 0.667. The van der Waals surface area contributed by atoms with Gasteiger partial charge in [0, 0.05) is 31.0 Å². The van der Waals surface area contributed by atoms with Gasteiger partial charge in [-0.15, -0.1) is 0 Å². The van der Waals surface area contributed by atoms with Gasteiger partial charge in [0.15, 0.2) is 15.6 Å². The van der Waals surface area contributed by atoms with Gasteiger partial charge in [-0.25, -0.2) is 27.3 Å². The summed E-state index contributed by atoms with van der Waals surface area (Å²) in [4.78, 5) is 42.1. The number of rotatable bonds is 4. The summed E-state index contributed by atoms with van der Waals surface area (Å²) in [5.74, 6) is -0.335. The summed E-state index contributed by atoms with van der Waals surface area (Å²) >= 11 is 0. The molecule has 1 aliphatic carbocycles. The largest absolute Gasteiger partial charge is 0.341 e. The highest BCUT2D eigenvalue weighted by Crippen LogP contribution is 2.45. The molecule has 2 aromatic rings. The van der Waals surface area contributed by atoms with Gasteiger partial charge in [-0.1, -0.05) is 18.2 Å². The van der Waals surface area contributed by atoms with Gasteiger partial charge in [0.25, 0.3) is 0 Å². The molecule has 11 heteroatoms. The Bertz CT molecular complexity index is 1460. The number of hydrogen-bond donors (Lipinski definition) is 1. The Kier molecular flexibility index (Phi) is 6.65. The number of urea groups is 2. The third-order valence-electron chi connectivity index (χ3n) is 6.22. The first kappa shape index (κ1) is 25.1. The van der Waals surface area contributed by atoms with Crippen LogP contribution in [-0.2, 0) is 21.3 Å². The van der Waals surface area contributed by atoms with E-state index in [9.17, 15) is 32.5 Å². The molecule has 0 unspecified atom stereocenters.